The summed E-state index contributed by atoms with van der Waals surface area (Å²) in [6, 6.07) is 0. The van der Waals surface area contributed by atoms with Crippen LogP contribution in [0.4, 0.5) is 4.39 Å². The lowest BCUT2D eigenvalue weighted by Gasteiger charge is -2.69. The molecule has 334 valence electrons. The first-order chi connectivity index (χ1) is 27.8. The van der Waals surface area contributed by atoms with Gasteiger partial charge in [-0.2, -0.15) is 0 Å². The molecule has 59 heavy (non-hydrogen) atoms. The topological polar surface area (TPSA) is 98.9 Å². The van der Waals surface area contributed by atoms with Gasteiger partial charge in [0, 0.05) is 56.7 Å². The summed E-state index contributed by atoms with van der Waals surface area (Å²) in [6.07, 6.45) is 14.4. The maximum atomic E-state index is 16.9. The summed E-state index contributed by atoms with van der Waals surface area (Å²) in [5.41, 5.74) is 10.5. The van der Waals surface area contributed by atoms with E-state index >= 15 is 4.39 Å². The number of ketones is 1. The van der Waals surface area contributed by atoms with Crippen molar-refractivity contribution in [2.24, 2.45) is 69.3 Å². The van der Waals surface area contributed by atoms with E-state index in [1.54, 1.807) is 19.3 Å². The summed E-state index contributed by atoms with van der Waals surface area (Å²) in [4.78, 5) is 31.6. The monoisotopic (exact) mass is 821 g/mol. The molecule has 12 atom stereocenters. The Morgan fingerprint density at radius 1 is 0.983 bits per heavy atom. The molecular formula is C51H85FN4O3. The minimum atomic E-state index is -0.978. The highest BCUT2D eigenvalue weighted by Gasteiger charge is 2.67. The third-order valence-corrected chi connectivity index (χ3v) is 17.1. The van der Waals surface area contributed by atoms with Crippen LogP contribution in [0.3, 0.4) is 0 Å². The van der Waals surface area contributed by atoms with Gasteiger partial charge >= 0.3 is 0 Å². The summed E-state index contributed by atoms with van der Waals surface area (Å²) < 4.78 is 16.9. The molecule has 5 saturated carbocycles. The Labute approximate surface area is 359 Å². The van der Waals surface area contributed by atoms with Gasteiger partial charge in [0.05, 0.1) is 11.3 Å². The Balaban J connectivity index is 0.00000378. The molecule has 4 N–H and O–H groups in total. The van der Waals surface area contributed by atoms with Crippen molar-refractivity contribution in [3.63, 3.8) is 0 Å². The van der Waals surface area contributed by atoms with Crippen molar-refractivity contribution >= 4 is 11.7 Å². The van der Waals surface area contributed by atoms with Gasteiger partial charge in [0.2, 0.25) is 0 Å². The molecule has 0 aromatic carbocycles. The largest absolute Gasteiger partial charge is 0.513 e. The van der Waals surface area contributed by atoms with E-state index < -0.39 is 11.7 Å². The van der Waals surface area contributed by atoms with E-state index in [0.717, 1.165) is 70.8 Å². The molecule has 5 aliphatic carbocycles. The predicted molar refractivity (Wildman–Crippen MR) is 244 cm³/mol. The van der Waals surface area contributed by atoms with E-state index in [1.165, 1.54) is 11.1 Å². The number of hydrogen-bond acceptors (Lipinski definition) is 6. The number of fused-ring (bicyclic) bond motifs is 5. The molecule has 7 nitrogen and oxygen atoms in total. The van der Waals surface area contributed by atoms with Crippen LogP contribution >= 0.6 is 0 Å². The second-order valence-corrected chi connectivity index (χ2v) is 20.5. The summed E-state index contributed by atoms with van der Waals surface area (Å²) in [6.45, 7) is 31.7. The Bertz CT molecular complexity index is 1600. The maximum absolute atomic E-state index is 16.9. The number of halogens is 1. The molecule has 12 unspecified atom stereocenters. The van der Waals surface area contributed by atoms with Crippen molar-refractivity contribution in [1.29, 1.82) is 0 Å². The second-order valence-electron chi connectivity index (χ2n) is 20.5. The molecule has 5 rings (SSSR count). The zero-order chi connectivity index (χ0) is 44.2. The van der Waals surface area contributed by atoms with Crippen LogP contribution in [0.2, 0.25) is 0 Å². The summed E-state index contributed by atoms with van der Waals surface area (Å²) in [7, 11) is 5.89. The minimum absolute atomic E-state index is 0.0142. The van der Waals surface area contributed by atoms with Crippen LogP contribution in [-0.2, 0) is 9.59 Å². The van der Waals surface area contributed by atoms with Crippen molar-refractivity contribution < 1.29 is 19.1 Å². The van der Waals surface area contributed by atoms with E-state index in [-0.39, 0.29) is 69.2 Å². The molecule has 0 aromatic rings. The van der Waals surface area contributed by atoms with Crippen molar-refractivity contribution in [2.75, 3.05) is 40.8 Å². The number of nitrogens with two attached hydrogens (primary N) is 1. The van der Waals surface area contributed by atoms with Crippen molar-refractivity contribution in [3.8, 4) is 0 Å². The molecule has 0 heterocycles. The lowest BCUT2D eigenvalue weighted by molar-refractivity contribution is -0.181. The highest BCUT2D eigenvalue weighted by molar-refractivity contribution is 5.96. The molecule has 0 spiro atoms. The van der Waals surface area contributed by atoms with Crippen molar-refractivity contribution in [2.45, 2.75) is 144 Å². The molecule has 0 radical (unpaired) electrons. The van der Waals surface area contributed by atoms with Gasteiger partial charge in [-0.3, -0.25) is 9.59 Å². The average Bonchev–Trinajstić information content (AvgIpc) is 3.17. The lowest BCUT2D eigenvalue weighted by Crippen LogP contribution is -2.69. The minimum Gasteiger partial charge on any atom is -0.513 e. The van der Waals surface area contributed by atoms with E-state index in [2.05, 4.69) is 70.6 Å². The number of allylic oxidation sites excluding steroid dienone is 3. The third kappa shape index (κ3) is 9.11. The number of likely N-dealkylation sites (N-methyl/N-ethyl adjacent to an activating group) is 1. The van der Waals surface area contributed by atoms with Gasteiger partial charge in [-0.25, -0.2) is 4.39 Å². The number of nitrogens with zero attached hydrogens (tertiary/aromatic N) is 2. The van der Waals surface area contributed by atoms with Crippen LogP contribution in [0, 0.1) is 63.6 Å². The standard InChI is InChI=1S/C49H79FN4O3.C2H6/c1-13-19-48(24-25-54(27-26-53(11)12)45(57)35(14-2)30-52-10)22-17-42-47(9)21-16-39-43(50)36(28-40(56)38-29-37(33(38)6)34(7)55)15-20-46(39,8)41(47)18-23-49(42,51)44(48)32(5)31(3)4;1-2/h13-14,30-31,33,36-39,41-43,52,55H,1-2,7,15-29,51H2,3-6,8-12H3;1-2H3/b35-30+,44-32-;. The number of aliphatic hydroxyl groups excluding tert-OH is 1. The average molecular weight is 821 g/mol. The molecular weight excluding hydrogens is 736 g/mol. The van der Waals surface area contributed by atoms with E-state index in [0.29, 0.717) is 43.3 Å². The summed E-state index contributed by atoms with van der Waals surface area (Å²) >= 11 is 0. The fourth-order valence-corrected chi connectivity index (χ4v) is 13.7. The van der Waals surface area contributed by atoms with Gasteiger partial charge < -0.3 is 26.0 Å². The number of rotatable bonds is 16. The van der Waals surface area contributed by atoms with E-state index in [9.17, 15) is 14.7 Å². The third-order valence-electron chi connectivity index (χ3n) is 17.1. The zero-order valence-electron chi connectivity index (χ0n) is 39.3. The van der Waals surface area contributed by atoms with Gasteiger partial charge in [-0.1, -0.05) is 79.3 Å². The first kappa shape index (κ1) is 49.0. The first-order valence-corrected chi connectivity index (χ1v) is 23.4. The number of nitrogens with one attached hydrogen (secondary N) is 1. The quantitative estimate of drug-likeness (QED) is 0.0621. The van der Waals surface area contributed by atoms with Gasteiger partial charge in [0.25, 0.3) is 5.91 Å². The van der Waals surface area contributed by atoms with Crippen molar-refractivity contribution in [3.05, 3.63) is 60.6 Å². The Morgan fingerprint density at radius 2 is 1.63 bits per heavy atom. The van der Waals surface area contributed by atoms with Crippen LogP contribution < -0.4 is 11.1 Å². The number of Topliss-reactive ketones (excluding diaryl/α,β-unsaturated/α-hetero) is 1. The molecule has 0 bridgehead atoms. The molecule has 0 saturated heterocycles. The van der Waals surface area contributed by atoms with Crippen LogP contribution in [0.5, 0.6) is 0 Å². The smallest absolute Gasteiger partial charge is 0.255 e. The zero-order valence-corrected chi connectivity index (χ0v) is 39.3. The van der Waals surface area contributed by atoms with Crippen molar-refractivity contribution in [1.82, 2.24) is 15.1 Å². The van der Waals surface area contributed by atoms with Crippen LogP contribution in [0.15, 0.2) is 60.6 Å². The van der Waals surface area contributed by atoms with Crippen LogP contribution in [0.25, 0.3) is 0 Å². The maximum Gasteiger partial charge on any atom is 0.255 e. The van der Waals surface area contributed by atoms with E-state index in [4.69, 9.17) is 5.73 Å². The second kappa shape index (κ2) is 19.6. The van der Waals surface area contributed by atoms with Gasteiger partial charge in [0.15, 0.2) is 0 Å². The fraction of sp³-hybridized carbons (Fsp3) is 0.765. The Morgan fingerprint density at radius 3 is 2.19 bits per heavy atom. The predicted octanol–water partition coefficient (Wildman–Crippen LogP) is 10.6. The number of aliphatic hydroxyl groups is 1. The highest BCUT2D eigenvalue weighted by Crippen LogP contribution is 2.71. The molecule has 8 heteroatoms. The summed E-state index contributed by atoms with van der Waals surface area (Å²) in [5, 5.41) is 12.9. The number of amides is 1. The molecule has 1 amide bonds. The van der Waals surface area contributed by atoms with Gasteiger partial charge in [-0.15, -0.1) is 6.58 Å². The number of alkyl halides is 1. The number of carbonyl (C=O) groups is 2. The molecule has 5 fully saturated rings. The number of hydrogen-bond donors (Lipinski definition) is 3. The lowest BCUT2D eigenvalue weighted by atomic mass is 9.36. The molecule has 0 aromatic heterocycles. The Kier molecular flexibility index (Phi) is 16.2. The highest BCUT2D eigenvalue weighted by atomic mass is 19.1. The fourth-order valence-electron chi connectivity index (χ4n) is 13.7. The van der Waals surface area contributed by atoms with Crippen LogP contribution in [-0.4, -0.2) is 79.1 Å². The molecule has 0 aliphatic heterocycles. The van der Waals surface area contributed by atoms with E-state index in [1.807, 2.05) is 39.8 Å². The van der Waals surface area contributed by atoms with Crippen LogP contribution in [0.1, 0.15) is 132 Å². The van der Waals surface area contributed by atoms with Gasteiger partial charge in [0.1, 0.15) is 12.0 Å². The number of carbonyl (C=O) groups excluding carboxylic acids is 2. The normalized spacial score (nSPS) is 38.7. The molecule has 5 aliphatic rings. The first-order valence-electron chi connectivity index (χ1n) is 23.4. The SMILES string of the molecule is C=CCC1(CCN(CCN(C)C)C(=O)/C(C=C)=C/NC)CCC2C(N)(CCC3C4(C)CCC(CC(=O)C5CC(C(=C)O)C5C)C(F)C4CCC23C)/C1=C(/C)C(C)C.CC. The van der Waals surface area contributed by atoms with Gasteiger partial charge in [-0.05, 0) is 149 Å². The Hall–Kier alpha value is -2.71. The summed E-state index contributed by atoms with van der Waals surface area (Å²) in [5.74, 6) is 0.981.